The number of methoxy groups -OCH3 is 1. The molecule has 1 heterocycles. The van der Waals surface area contributed by atoms with Crippen molar-refractivity contribution in [2.75, 3.05) is 19.0 Å². The van der Waals surface area contributed by atoms with Crippen molar-refractivity contribution < 1.29 is 14.6 Å². The van der Waals surface area contributed by atoms with Crippen molar-refractivity contribution in [1.29, 1.82) is 0 Å². The van der Waals surface area contributed by atoms with Gasteiger partial charge >= 0.3 is 5.97 Å². The molecule has 0 bridgehead atoms. The molecule has 2 N–H and O–H groups in total. The molecule has 0 unspecified atom stereocenters. The molecule has 0 aliphatic carbocycles. The zero-order valence-electron chi connectivity index (χ0n) is 11.0. The lowest BCUT2D eigenvalue weighted by atomic mass is 10.2. The maximum Gasteiger partial charge on any atom is 0.303 e. The summed E-state index contributed by atoms with van der Waals surface area (Å²) in [5.74, 6) is 0.00766. The third-order valence-electron chi connectivity index (χ3n) is 2.61. The van der Waals surface area contributed by atoms with Crippen LogP contribution >= 0.6 is 11.3 Å². The summed E-state index contributed by atoms with van der Waals surface area (Å²) in [5, 5.41) is 21.3. The molecular formula is C13H15N3O3S. The number of carbonyl (C=O) groups is 1. The Morgan fingerprint density at radius 2 is 2.10 bits per heavy atom. The maximum atomic E-state index is 10.4. The van der Waals surface area contributed by atoms with Crippen molar-refractivity contribution in [2.24, 2.45) is 0 Å². The number of carboxylic acids is 1. The molecule has 106 valence electrons. The first-order valence-electron chi connectivity index (χ1n) is 6.12. The lowest BCUT2D eigenvalue weighted by Crippen LogP contribution is -2.04. The van der Waals surface area contributed by atoms with E-state index in [2.05, 4.69) is 15.5 Å². The van der Waals surface area contributed by atoms with E-state index in [4.69, 9.17) is 9.84 Å². The quantitative estimate of drug-likeness (QED) is 0.763. The zero-order chi connectivity index (χ0) is 14.4. The number of rotatable bonds is 7. The Kier molecular flexibility index (Phi) is 4.89. The fraction of sp³-hybridized carbons (Fsp3) is 0.308. The van der Waals surface area contributed by atoms with E-state index in [0.717, 1.165) is 16.3 Å². The predicted molar refractivity (Wildman–Crippen MR) is 77.3 cm³/mol. The molecule has 2 rings (SSSR count). The second-order valence-electron chi connectivity index (χ2n) is 4.06. The van der Waals surface area contributed by atoms with Crippen LogP contribution in [0.4, 0.5) is 5.13 Å². The van der Waals surface area contributed by atoms with Gasteiger partial charge in [0.15, 0.2) is 0 Å². The lowest BCUT2D eigenvalue weighted by molar-refractivity contribution is -0.137. The van der Waals surface area contributed by atoms with Crippen LogP contribution in [0.1, 0.15) is 12.8 Å². The summed E-state index contributed by atoms with van der Waals surface area (Å²) in [6.45, 7) is 0.573. The summed E-state index contributed by atoms with van der Waals surface area (Å²) in [4.78, 5) is 10.4. The van der Waals surface area contributed by atoms with Crippen LogP contribution in [0.15, 0.2) is 24.3 Å². The van der Waals surface area contributed by atoms with Crippen LogP contribution in [0.5, 0.6) is 5.75 Å². The van der Waals surface area contributed by atoms with Crippen LogP contribution in [-0.4, -0.2) is 34.9 Å². The highest BCUT2D eigenvalue weighted by atomic mass is 32.1. The molecule has 0 saturated heterocycles. The Labute approximate surface area is 120 Å². The summed E-state index contributed by atoms with van der Waals surface area (Å²) in [6, 6.07) is 7.59. The molecule has 2 aromatic rings. The molecule has 0 aliphatic rings. The first-order chi connectivity index (χ1) is 9.69. The second-order valence-corrected chi connectivity index (χ2v) is 5.04. The Balaban J connectivity index is 1.92. The number of benzene rings is 1. The average Bonchev–Trinajstić information content (AvgIpc) is 2.92. The molecular weight excluding hydrogens is 278 g/mol. The SMILES string of the molecule is COc1ccc(-c2nnc(NCCCC(=O)O)s2)cc1. The number of hydrogen-bond donors (Lipinski definition) is 2. The van der Waals surface area contributed by atoms with E-state index in [1.54, 1.807) is 7.11 Å². The average molecular weight is 293 g/mol. The van der Waals surface area contributed by atoms with Gasteiger partial charge in [0, 0.05) is 18.5 Å². The third kappa shape index (κ3) is 3.92. The van der Waals surface area contributed by atoms with Crippen molar-refractivity contribution in [3.63, 3.8) is 0 Å². The van der Waals surface area contributed by atoms with Gasteiger partial charge in [0.25, 0.3) is 0 Å². The number of hydrogen-bond acceptors (Lipinski definition) is 6. The lowest BCUT2D eigenvalue weighted by Gasteiger charge is -2.00. The van der Waals surface area contributed by atoms with Crippen molar-refractivity contribution >= 4 is 22.4 Å². The second kappa shape index (κ2) is 6.85. The standard InChI is InChI=1S/C13H15N3O3S/c1-19-10-6-4-9(5-7-10)12-15-16-13(20-12)14-8-2-3-11(17)18/h4-7H,2-3,8H2,1H3,(H,14,16)(H,17,18). The number of aromatic nitrogens is 2. The van der Waals surface area contributed by atoms with Gasteiger partial charge in [-0.05, 0) is 30.7 Å². The van der Waals surface area contributed by atoms with Gasteiger partial charge in [-0.25, -0.2) is 0 Å². The van der Waals surface area contributed by atoms with Crippen molar-refractivity contribution in [3.05, 3.63) is 24.3 Å². The first-order valence-corrected chi connectivity index (χ1v) is 6.94. The summed E-state index contributed by atoms with van der Waals surface area (Å²) < 4.78 is 5.10. The smallest absolute Gasteiger partial charge is 0.303 e. The molecule has 20 heavy (non-hydrogen) atoms. The minimum absolute atomic E-state index is 0.150. The van der Waals surface area contributed by atoms with Crippen LogP contribution in [-0.2, 0) is 4.79 Å². The van der Waals surface area contributed by atoms with Crippen molar-refractivity contribution in [3.8, 4) is 16.3 Å². The van der Waals surface area contributed by atoms with Crippen LogP contribution in [0.2, 0.25) is 0 Å². The number of anilines is 1. The molecule has 1 aromatic carbocycles. The third-order valence-corrected chi connectivity index (χ3v) is 3.54. The minimum Gasteiger partial charge on any atom is -0.497 e. The summed E-state index contributed by atoms with van der Waals surface area (Å²) >= 11 is 1.44. The molecule has 0 amide bonds. The minimum atomic E-state index is -0.789. The van der Waals surface area contributed by atoms with Crippen LogP contribution in [0.25, 0.3) is 10.6 Å². The van der Waals surface area contributed by atoms with Gasteiger partial charge < -0.3 is 15.2 Å². The van der Waals surface area contributed by atoms with E-state index in [9.17, 15) is 4.79 Å². The van der Waals surface area contributed by atoms with Gasteiger partial charge in [0.2, 0.25) is 5.13 Å². The molecule has 0 aliphatic heterocycles. The van der Waals surface area contributed by atoms with E-state index in [-0.39, 0.29) is 6.42 Å². The highest BCUT2D eigenvalue weighted by molar-refractivity contribution is 7.18. The normalized spacial score (nSPS) is 10.2. The number of carboxylic acid groups (broad SMARTS) is 1. The summed E-state index contributed by atoms with van der Waals surface area (Å²) in [7, 11) is 1.62. The van der Waals surface area contributed by atoms with Gasteiger partial charge in [0.05, 0.1) is 7.11 Å². The summed E-state index contributed by atoms with van der Waals surface area (Å²) in [6.07, 6.45) is 0.712. The molecule has 0 atom stereocenters. The predicted octanol–water partition coefficient (Wildman–Crippen LogP) is 2.49. The van der Waals surface area contributed by atoms with Crippen molar-refractivity contribution in [2.45, 2.75) is 12.8 Å². The largest absolute Gasteiger partial charge is 0.497 e. The molecule has 0 spiro atoms. The van der Waals surface area contributed by atoms with E-state index in [1.165, 1.54) is 11.3 Å². The van der Waals surface area contributed by atoms with Crippen LogP contribution in [0.3, 0.4) is 0 Å². The fourth-order valence-electron chi connectivity index (χ4n) is 1.58. The van der Waals surface area contributed by atoms with Gasteiger partial charge in [-0.15, -0.1) is 10.2 Å². The van der Waals surface area contributed by atoms with Crippen LogP contribution < -0.4 is 10.1 Å². The highest BCUT2D eigenvalue weighted by Gasteiger charge is 2.06. The highest BCUT2D eigenvalue weighted by Crippen LogP contribution is 2.27. The molecule has 6 nitrogen and oxygen atoms in total. The number of ether oxygens (including phenoxy) is 1. The van der Waals surface area contributed by atoms with E-state index in [1.807, 2.05) is 24.3 Å². The Morgan fingerprint density at radius 3 is 2.75 bits per heavy atom. The molecule has 1 aromatic heterocycles. The maximum absolute atomic E-state index is 10.4. The molecule has 0 saturated carbocycles. The molecule has 0 radical (unpaired) electrons. The monoisotopic (exact) mass is 293 g/mol. The molecule has 0 fully saturated rings. The van der Waals surface area contributed by atoms with Gasteiger partial charge in [0.1, 0.15) is 10.8 Å². The number of aliphatic carboxylic acids is 1. The zero-order valence-corrected chi connectivity index (χ0v) is 11.8. The summed E-state index contributed by atoms with van der Waals surface area (Å²) in [5.41, 5.74) is 0.974. The van der Waals surface area contributed by atoms with Crippen molar-refractivity contribution in [1.82, 2.24) is 10.2 Å². The van der Waals surface area contributed by atoms with Gasteiger partial charge in [-0.1, -0.05) is 11.3 Å². The topological polar surface area (TPSA) is 84.3 Å². The number of nitrogens with one attached hydrogen (secondary N) is 1. The Morgan fingerprint density at radius 1 is 1.35 bits per heavy atom. The number of nitrogens with zero attached hydrogens (tertiary/aromatic N) is 2. The van der Waals surface area contributed by atoms with E-state index in [0.29, 0.717) is 18.1 Å². The Hall–Kier alpha value is -2.15. The fourth-order valence-corrected chi connectivity index (χ4v) is 2.35. The Bertz CT molecular complexity index is 568. The van der Waals surface area contributed by atoms with E-state index >= 15 is 0 Å². The molecule has 7 heteroatoms. The first kappa shape index (κ1) is 14.3. The van der Waals surface area contributed by atoms with Gasteiger partial charge in [-0.2, -0.15) is 0 Å². The van der Waals surface area contributed by atoms with E-state index < -0.39 is 5.97 Å². The van der Waals surface area contributed by atoms with Gasteiger partial charge in [-0.3, -0.25) is 4.79 Å². The van der Waals surface area contributed by atoms with Crippen LogP contribution in [0, 0.1) is 0 Å².